The third-order valence-corrected chi connectivity index (χ3v) is 2.39. The van der Waals surface area contributed by atoms with Crippen molar-refractivity contribution in [1.82, 2.24) is 0 Å². The Bertz CT molecular complexity index is 559. The van der Waals surface area contributed by atoms with Gasteiger partial charge in [0.25, 0.3) is 0 Å². The molecule has 1 amide bonds. The minimum atomic E-state index is -0.233. The van der Waals surface area contributed by atoms with Crippen molar-refractivity contribution in [3.63, 3.8) is 0 Å². The van der Waals surface area contributed by atoms with Crippen LogP contribution in [0.3, 0.4) is 0 Å². The smallest absolute Gasteiger partial charge is 0.248 e. The Kier molecular flexibility index (Phi) is 4.39. The zero-order valence-corrected chi connectivity index (χ0v) is 10.6. The molecule has 2 rings (SSSR count). The molecule has 0 atom stereocenters. The minimum absolute atomic E-state index is 0.233. The molecular formula is C15H15NO3. The van der Waals surface area contributed by atoms with Crippen LogP contribution in [0, 0.1) is 0 Å². The molecule has 2 aromatic rings. The van der Waals surface area contributed by atoms with Crippen LogP contribution in [0.1, 0.15) is 12.7 Å². The lowest BCUT2D eigenvalue weighted by Crippen LogP contribution is -2.09. The van der Waals surface area contributed by atoms with Crippen molar-refractivity contribution in [2.24, 2.45) is 0 Å². The van der Waals surface area contributed by atoms with Crippen molar-refractivity contribution < 1.29 is 13.9 Å². The quantitative estimate of drug-likeness (QED) is 0.836. The maximum atomic E-state index is 11.8. The number of benzene rings is 1. The molecule has 4 heteroatoms. The van der Waals surface area contributed by atoms with Crippen molar-refractivity contribution in [3.8, 4) is 5.75 Å². The second kappa shape index (κ2) is 6.44. The molecule has 1 aromatic heterocycles. The third kappa shape index (κ3) is 3.74. The zero-order chi connectivity index (χ0) is 13.5. The van der Waals surface area contributed by atoms with Crippen LogP contribution in [0.25, 0.3) is 6.08 Å². The van der Waals surface area contributed by atoms with Crippen LogP contribution >= 0.6 is 0 Å². The normalized spacial score (nSPS) is 10.6. The summed E-state index contributed by atoms with van der Waals surface area (Å²) in [5.74, 6) is 1.06. The molecule has 0 saturated heterocycles. The minimum Gasteiger partial charge on any atom is -0.492 e. The first-order valence-electron chi connectivity index (χ1n) is 6.04. The largest absolute Gasteiger partial charge is 0.492 e. The second-order valence-electron chi connectivity index (χ2n) is 3.77. The summed E-state index contributed by atoms with van der Waals surface area (Å²) in [6.45, 7) is 2.45. The van der Waals surface area contributed by atoms with Gasteiger partial charge in [0.15, 0.2) is 0 Å². The van der Waals surface area contributed by atoms with E-state index in [0.717, 1.165) is 0 Å². The lowest BCUT2D eigenvalue weighted by atomic mass is 10.3. The first kappa shape index (κ1) is 13.0. The van der Waals surface area contributed by atoms with Gasteiger partial charge in [-0.05, 0) is 37.3 Å². The van der Waals surface area contributed by atoms with Crippen molar-refractivity contribution in [3.05, 3.63) is 54.5 Å². The first-order valence-corrected chi connectivity index (χ1v) is 6.04. The van der Waals surface area contributed by atoms with E-state index in [1.54, 1.807) is 30.5 Å². The molecule has 0 bridgehead atoms. The summed E-state index contributed by atoms with van der Waals surface area (Å²) in [4.78, 5) is 11.8. The Hall–Kier alpha value is -2.49. The van der Waals surface area contributed by atoms with Gasteiger partial charge in [-0.3, -0.25) is 4.79 Å². The number of anilines is 1. The molecule has 1 aromatic carbocycles. The van der Waals surface area contributed by atoms with Gasteiger partial charge in [0.2, 0.25) is 5.91 Å². The molecule has 98 valence electrons. The Morgan fingerprint density at radius 2 is 2.16 bits per heavy atom. The topological polar surface area (TPSA) is 51.5 Å². The molecule has 0 radical (unpaired) electrons. The van der Waals surface area contributed by atoms with Gasteiger partial charge < -0.3 is 14.5 Å². The maximum absolute atomic E-state index is 11.8. The van der Waals surface area contributed by atoms with Gasteiger partial charge in [-0.15, -0.1) is 0 Å². The number of rotatable bonds is 5. The van der Waals surface area contributed by atoms with E-state index in [9.17, 15) is 4.79 Å². The van der Waals surface area contributed by atoms with Crippen LogP contribution < -0.4 is 10.1 Å². The molecule has 0 unspecified atom stereocenters. The van der Waals surface area contributed by atoms with Crippen LogP contribution in [-0.4, -0.2) is 12.5 Å². The van der Waals surface area contributed by atoms with Crippen molar-refractivity contribution in [2.45, 2.75) is 6.92 Å². The van der Waals surface area contributed by atoms with Crippen molar-refractivity contribution in [2.75, 3.05) is 11.9 Å². The van der Waals surface area contributed by atoms with Gasteiger partial charge in [0.05, 0.1) is 18.6 Å². The summed E-state index contributed by atoms with van der Waals surface area (Å²) in [6, 6.07) is 10.9. The maximum Gasteiger partial charge on any atom is 0.248 e. The number of hydrogen-bond acceptors (Lipinski definition) is 3. The first-order chi connectivity index (χ1) is 9.29. The fraction of sp³-hybridized carbons (Fsp3) is 0.133. The van der Waals surface area contributed by atoms with E-state index >= 15 is 0 Å². The highest BCUT2D eigenvalue weighted by Crippen LogP contribution is 2.23. The summed E-state index contributed by atoms with van der Waals surface area (Å²) in [5.41, 5.74) is 0.651. The lowest BCUT2D eigenvalue weighted by molar-refractivity contribution is -0.111. The number of hydrogen-bond donors (Lipinski definition) is 1. The summed E-state index contributed by atoms with van der Waals surface area (Å²) < 4.78 is 10.5. The van der Waals surface area contributed by atoms with Gasteiger partial charge in [-0.1, -0.05) is 12.1 Å². The fourth-order valence-electron chi connectivity index (χ4n) is 1.57. The van der Waals surface area contributed by atoms with Crippen LogP contribution in [0.2, 0.25) is 0 Å². The highest BCUT2D eigenvalue weighted by Gasteiger charge is 2.04. The van der Waals surface area contributed by atoms with E-state index in [2.05, 4.69) is 5.32 Å². The SMILES string of the molecule is CCOc1ccccc1NC(=O)/C=C/c1ccco1. The number of para-hydroxylation sites is 2. The molecule has 1 heterocycles. The van der Waals surface area contributed by atoms with E-state index in [0.29, 0.717) is 23.8 Å². The predicted octanol–water partition coefficient (Wildman–Crippen LogP) is 3.33. The number of carbonyl (C=O) groups excluding carboxylic acids is 1. The van der Waals surface area contributed by atoms with E-state index < -0.39 is 0 Å². The Labute approximate surface area is 111 Å². The predicted molar refractivity (Wildman–Crippen MR) is 74.0 cm³/mol. The summed E-state index contributed by atoms with van der Waals surface area (Å²) in [7, 11) is 0. The standard InChI is InChI=1S/C15H15NO3/c1-2-18-14-8-4-3-7-13(14)16-15(17)10-9-12-6-5-11-19-12/h3-11H,2H2,1H3,(H,16,17)/b10-9+. The van der Waals surface area contributed by atoms with Gasteiger partial charge >= 0.3 is 0 Å². The molecule has 0 aliphatic rings. The van der Waals surface area contributed by atoms with E-state index in [1.807, 2.05) is 25.1 Å². The molecule has 0 saturated carbocycles. The summed E-state index contributed by atoms with van der Waals surface area (Å²) in [6.07, 6.45) is 4.59. The fourth-order valence-corrected chi connectivity index (χ4v) is 1.57. The molecule has 0 aliphatic carbocycles. The van der Waals surface area contributed by atoms with Gasteiger partial charge in [-0.25, -0.2) is 0 Å². The average molecular weight is 257 g/mol. The highest BCUT2D eigenvalue weighted by molar-refractivity contribution is 6.02. The van der Waals surface area contributed by atoms with E-state index in [-0.39, 0.29) is 5.91 Å². The molecule has 1 N–H and O–H groups in total. The van der Waals surface area contributed by atoms with Crippen molar-refractivity contribution >= 4 is 17.7 Å². The van der Waals surface area contributed by atoms with Gasteiger partial charge in [0.1, 0.15) is 11.5 Å². The number of carbonyl (C=O) groups is 1. The summed E-state index contributed by atoms with van der Waals surface area (Å²) >= 11 is 0. The Morgan fingerprint density at radius 3 is 2.89 bits per heavy atom. The number of ether oxygens (including phenoxy) is 1. The van der Waals surface area contributed by atoms with Gasteiger partial charge in [-0.2, -0.15) is 0 Å². The molecule has 0 aliphatic heterocycles. The number of nitrogens with one attached hydrogen (secondary N) is 1. The van der Waals surface area contributed by atoms with Crippen molar-refractivity contribution in [1.29, 1.82) is 0 Å². The van der Waals surface area contributed by atoms with E-state index in [1.165, 1.54) is 6.08 Å². The zero-order valence-electron chi connectivity index (χ0n) is 10.6. The molecule has 4 nitrogen and oxygen atoms in total. The summed E-state index contributed by atoms with van der Waals surface area (Å²) in [5, 5.41) is 2.77. The van der Waals surface area contributed by atoms with Crippen LogP contribution in [0.4, 0.5) is 5.69 Å². The molecule has 0 spiro atoms. The average Bonchev–Trinajstić information content (AvgIpc) is 2.92. The Balaban J connectivity index is 2.02. The monoisotopic (exact) mass is 257 g/mol. The molecular weight excluding hydrogens is 242 g/mol. The van der Waals surface area contributed by atoms with Crippen LogP contribution in [0.5, 0.6) is 5.75 Å². The van der Waals surface area contributed by atoms with Crippen LogP contribution in [0.15, 0.2) is 53.2 Å². The third-order valence-electron chi connectivity index (χ3n) is 2.39. The van der Waals surface area contributed by atoms with Gasteiger partial charge in [0, 0.05) is 6.08 Å². The highest BCUT2D eigenvalue weighted by atomic mass is 16.5. The second-order valence-corrected chi connectivity index (χ2v) is 3.77. The number of furan rings is 1. The van der Waals surface area contributed by atoms with Crippen LogP contribution in [-0.2, 0) is 4.79 Å². The van der Waals surface area contributed by atoms with E-state index in [4.69, 9.17) is 9.15 Å². The molecule has 0 fully saturated rings. The molecule has 19 heavy (non-hydrogen) atoms. The Morgan fingerprint density at radius 1 is 1.32 bits per heavy atom. The lowest BCUT2D eigenvalue weighted by Gasteiger charge is -2.09. The number of amides is 1.